The van der Waals surface area contributed by atoms with Crippen LogP contribution in [-0.4, -0.2) is 31.8 Å². The van der Waals surface area contributed by atoms with Crippen molar-refractivity contribution in [3.63, 3.8) is 0 Å². The predicted molar refractivity (Wildman–Crippen MR) is 37.3 cm³/mol. The molecule has 1 fully saturated rings. The summed E-state index contributed by atoms with van der Waals surface area (Å²) >= 11 is 0. The lowest BCUT2D eigenvalue weighted by atomic mass is 10.4. The van der Waals surface area contributed by atoms with Crippen molar-refractivity contribution < 1.29 is 23.4 Å². The maximum atomic E-state index is 12.6. The fourth-order valence-corrected chi connectivity index (χ4v) is 0.800. The van der Waals surface area contributed by atoms with Gasteiger partial charge in [0, 0.05) is 0 Å². The van der Waals surface area contributed by atoms with Crippen LogP contribution < -0.4 is 0 Å². The minimum absolute atomic E-state index is 0.0887. The molecule has 0 aromatic heterocycles. The molecule has 1 saturated heterocycles. The Kier molecular flexibility index (Phi) is 3.46. The van der Waals surface area contributed by atoms with Gasteiger partial charge in [0.1, 0.15) is 0 Å². The quantitative estimate of drug-likeness (QED) is 0.482. The summed E-state index contributed by atoms with van der Waals surface area (Å²) in [5.41, 5.74) is 0. The third-order valence-corrected chi connectivity index (χ3v) is 1.39. The van der Waals surface area contributed by atoms with Gasteiger partial charge in [-0.2, -0.15) is 9.65 Å². The summed E-state index contributed by atoms with van der Waals surface area (Å²) in [4.78, 5) is 10.4. The maximum Gasteiger partial charge on any atom is 0.511 e. The molecule has 0 aliphatic carbocycles. The molecule has 0 spiro atoms. The van der Waals surface area contributed by atoms with Crippen molar-refractivity contribution in [2.24, 2.45) is 0 Å². The van der Waals surface area contributed by atoms with Crippen molar-refractivity contribution in [2.75, 3.05) is 13.2 Å². The van der Waals surface area contributed by atoms with Gasteiger partial charge >= 0.3 is 6.16 Å². The molecule has 0 amide bonds. The molecule has 0 aromatic carbocycles. The zero-order chi connectivity index (χ0) is 9.68. The van der Waals surface area contributed by atoms with Crippen LogP contribution in [0, 0.1) is 11.3 Å². The Bertz CT molecular complexity index is 227. The van der Waals surface area contributed by atoms with Crippen molar-refractivity contribution in [1.29, 1.82) is 5.26 Å². The normalized spacial score (nSPS) is 26.3. The number of ether oxygens (including phenoxy) is 3. The monoisotopic (exact) mass is 189 g/mol. The summed E-state index contributed by atoms with van der Waals surface area (Å²) in [6.45, 7) is 0.103. The molecule has 1 rings (SSSR count). The number of carbonyl (C=O) groups is 1. The van der Waals surface area contributed by atoms with Gasteiger partial charge in [-0.05, 0) is 0 Å². The number of halogens is 1. The first-order chi connectivity index (χ1) is 6.24. The highest BCUT2D eigenvalue weighted by Crippen LogP contribution is 2.16. The van der Waals surface area contributed by atoms with Crippen LogP contribution in [0.5, 0.6) is 0 Å². The largest absolute Gasteiger partial charge is 0.511 e. The topological polar surface area (TPSA) is 68.5 Å². The van der Waals surface area contributed by atoms with Crippen molar-refractivity contribution in [3.05, 3.63) is 0 Å². The molecule has 2 unspecified atom stereocenters. The first-order valence-corrected chi connectivity index (χ1v) is 3.70. The molecule has 6 heteroatoms. The lowest BCUT2D eigenvalue weighted by molar-refractivity contribution is -0.0149. The smallest absolute Gasteiger partial charge is 0.421 e. The Morgan fingerprint density at radius 1 is 1.62 bits per heavy atom. The van der Waals surface area contributed by atoms with E-state index in [0.29, 0.717) is 0 Å². The van der Waals surface area contributed by atoms with E-state index in [2.05, 4.69) is 9.47 Å². The number of hydrogen-bond donors (Lipinski definition) is 0. The molecule has 5 nitrogen and oxygen atoms in total. The van der Waals surface area contributed by atoms with Gasteiger partial charge in [-0.3, -0.25) is 0 Å². The second kappa shape index (κ2) is 4.62. The molecule has 2 atom stereocenters. The van der Waals surface area contributed by atoms with Crippen molar-refractivity contribution in [3.8, 4) is 6.07 Å². The average molecular weight is 189 g/mol. The number of hydrogen-bond acceptors (Lipinski definition) is 5. The number of cyclic esters (lactones) is 2. The van der Waals surface area contributed by atoms with Gasteiger partial charge in [0.15, 0.2) is 6.10 Å². The summed E-state index contributed by atoms with van der Waals surface area (Å²) in [7, 11) is 0. The fraction of sp³-hybridized carbons (Fsp3) is 0.714. The third kappa shape index (κ3) is 2.87. The highest BCUT2D eigenvalue weighted by Gasteiger charge is 2.36. The van der Waals surface area contributed by atoms with E-state index in [-0.39, 0.29) is 19.6 Å². The second-order valence-electron chi connectivity index (χ2n) is 2.36. The second-order valence-corrected chi connectivity index (χ2v) is 2.36. The Balaban J connectivity index is 2.15. The number of alkyl halides is 1. The molecule has 1 aliphatic heterocycles. The Labute approximate surface area is 74.0 Å². The lowest BCUT2D eigenvalue weighted by Crippen LogP contribution is -2.24. The first-order valence-electron chi connectivity index (χ1n) is 3.70. The number of nitriles is 1. The molecular formula is C7H8FNO4. The predicted octanol–water partition coefficient (Wildman–Crippen LogP) is 0.748. The zero-order valence-corrected chi connectivity index (χ0v) is 6.73. The minimum Gasteiger partial charge on any atom is -0.421 e. The van der Waals surface area contributed by atoms with E-state index in [1.54, 1.807) is 0 Å². The average Bonchev–Trinajstić information content (AvgIpc) is 2.39. The Hall–Kier alpha value is -1.35. The van der Waals surface area contributed by atoms with E-state index < -0.39 is 18.6 Å². The number of carbonyl (C=O) groups excluding carboxylic acids is 1. The highest BCUT2D eigenvalue weighted by molar-refractivity contribution is 5.62. The Morgan fingerprint density at radius 2 is 2.38 bits per heavy atom. The van der Waals surface area contributed by atoms with Crippen molar-refractivity contribution in [1.82, 2.24) is 0 Å². The SMILES string of the molecule is N#CCCOCC1OC(=O)OC1F. The van der Waals surface area contributed by atoms with Crippen LogP contribution in [0.4, 0.5) is 9.18 Å². The molecule has 1 aliphatic rings. The van der Waals surface area contributed by atoms with E-state index in [4.69, 9.17) is 10.00 Å². The van der Waals surface area contributed by atoms with Gasteiger partial charge in [-0.1, -0.05) is 0 Å². The highest BCUT2D eigenvalue weighted by atomic mass is 19.1. The molecule has 0 aromatic rings. The summed E-state index contributed by atoms with van der Waals surface area (Å²) in [5.74, 6) is 0. The van der Waals surface area contributed by atoms with Crippen molar-refractivity contribution in [2.45, 2.75) is 18.9 Å². The molecular weight excluding hydrogens is 181 g/mol. The number of nitrogens with zero attached hydrogens (tertiary/aromatic N) is 1. The molecule has 72 valence electrons. The van der Waals surface area contributed by atoms with Crippen LogP contribution in [0.15, 0.2) is 0 Å². The van der Waals surface area contributed by atoms with Crippen LogP contribution in [0.1, 0.15) is 6.42 Å². The van der Waals surface area contributed by atoms with Gasteiger partial charge in [0.05, 0.1) is 25.7 Å². The van der Waals surface area contributed by atoms with Crippen LogP contribution in [0.2, 0.25) is 0 Å². The molecule has 0 N–H and O–H groups in total. The molecule has 0 bridgehead atoms. The summed E-state index contributed by atoms with van der Waals surface area (Å²) in [6.07, 6.45) is -3.58. The van der Waals surface area contributed by atoms with Gasteiger partial charge in [0.25, 0.3) is 6.36 Å². The standard InChI is InChI=1S/C7H8FNO4/c8-6-5(12-7(10)13-6)4-11-3-1-2-9/h5-6H,1,3-4H2. The van der Waals surface area contributed by atoms with E-state index >= 15 is 0 Å². The van der Waals surface area contributed by atoms with Crippen LogP contribution in [0.25, 0.3) is 0 Å². The van der Waals surface area contributed by atoms with Crippen LogP contribution in [0.3, 0.4) is 0 Å². The molecule has 1 heterocycles. The van der Waals surface area contributed by atoms with Gasteiger partial charge < -0.3 is 14.2 Å². The zero-order valence-electron chi connectivity index (χ0n) is 6.73. The lowest BCUT2D eigenvalue weighted by Gasteiger charge is -2.07. The summed E-state index contributed by atoms with van der Waals surface area (Å²) < 4.78 is 26.0. The van der Waals surface area contributed by atoms with Gasteiger partial charge in [-0.25, -0.2) is 4.79 Å². The third-order valence-electron chi connectivity index (χ3n) is 1.39. The summed E-state index contributed by atoms with van der Waals surface area (Å²) in [5, 5.41) is 8.14. The van der Waals surface area contributed by atoms with Gasteiger partial charge in [0.2, 0.25) is 0 Å². The van der Waals surface area contributed by atoms with E-state index in [1.165, 1.54) is 0 Å². The first kappa shape index (κ1) is 9.74. The minimum atomic E-state index is -1.77. The molecule has 0 radical (unpaired) electrons. The van der Waals surface area contributed by atoms with Crippen molar-refractivity contribution >= 4 is 6.16 Å². The molecule has 13 heavy (non-hydrogen) atoms. The molecule has 0 saturated carbocycles. The Morgan fingerprint density at radius 3 is 2.92 bits per heavy atom. The fourth-order valence-electron chi connectivity index (χ4n) is 0.800. The van der Waals surface area contributed by atoms with Crippen LogP contribution >= 0.6 is 0 Å². The summed E-state index contributed by atoms with van der Waals surface area (Å²) in [6, 6.07) is 1.86. The van der Waals surface area contributed by atoms with E-state index in [0.717, 1.165) is 0 Å². The van der Waals surface area contributed by atoms with E-state index in [1.807, 2.05) is 6.07 Å². The van der Waals surface area contributed by atoms with Crippen LogP contribution in [-0.2, 0) is 14.2 Å². The maximum absolute atomic E-state index is 12.6. The van der Waals surface area contributed by atoms with Gasteiger partial charge in [-0.15, -0.1) is 0 Å². The number of rotatable bonds is 4. The van der Waals surface area contributed by atoms with E-state index in [9.17, 15) is 9.18 Å².